The van der Waals surface area contributed by atoms with E-state index in [1.807, 2.05) is 0 Å². The van der Waals surface area contributed by atoms with Gasteiger partial charge in [0.05, 0.1) is 5.69 Å². The molecule has 0 saturated heterocycles. The molecule has 124 valence electrons. The third-order valence-corrected chi connectivity index (χ3v) is 3.54. The molecule has 1 aromatic carbocycles. The molecule has 3 aromatic rings. The van der Waals surface area contributed by atoms with Crippen molar-refractivity contribution in [1.29, 1.82) is 0 Å². The first-order chi connectivity index (χ1) is 11.3. The Morgan fingerprint density at radius 2 is 1.92 bits per heavy atom. The molecule has 7 nitrogen and oxygen atoms in total. The molecule has 0 aliphatic rings. The molecular formula is C13H9F3N6OS. The average molecular weight is 354 g/mol. The predicted octanol–water partition coefficient (Wildman–Crippen LogP) is 2.78. The quantitative estimate of drug-likeness (QED) is 0.552. The summed E-state index contributed by atoms with van der Waals surface area (Å²) in [7, 11) is 0. The van der Waals surface area contributed by atoms with Crippen LogP contribution in [0.3, 0.4) is 0 Å². The number of thiazole rings is 1. The van der Waals surface area contributed by atoms with Gasteiger partial charge in [0.2, 0.25) is 11.0 Å². The second-order valence-corrected chi connectivity index (χ2v) is 5.39. The van der Waals surface area contributed by atoms with E-state index in [0.717, 1.165) is 0 Å². The Morgan fingerprint density at radius 3 is 2.58 bits per heavy atom. The summed E-state index contributed by atoms with van der Waals surface area (Å²) in [6, 6.07) is 6.55. The first kappa shape index (κ1) is 15.9. The van der Waals surface area contributed by atoms with Gasteiger partial charge in [0.1, 0.15) is 0 Å². The molecule has 0 aliphatic heterocycles. The highest BCUT2D eigenvalue weighted by atomic mass is 32.1. The van der Waals surface area contributed by atoms with Crippen LogP contribution < -0.4 is 11.5 Å². The van der Waals surface area contributed by atoms with Crippen molar-refractivity contribution < 1.29 is 17.7 Å². The van der Waals surface area contributed by atoms with Gasteiger partial charge in [-0.3, -0.25) is 0 Å². The minimum absolute atomic E-state index is 0.115. The molecular weight excluding hydrogens is 345 g/mol. The summed E-state index contributed by atoms with van der Waals surface area (Å²) in [5.74, 6) is -1.67. The molecule has 3 rings (SSSR count). The number of hydrogen-bond donors (Lipinski definition) is 2. The number of halogens is 3. The molecule has 24 heavy (non-hydrogen) atoms. The van der Waals surface area contributed by atoms with Crippen molar-refractivity contribution in [3.63, 3.8) is 0 Å². The molecule has 0 radical (unpaired) electrons. The van der Waals surface area contributed by atoms with Crippen LogP contribution in [0.4, 0.5) is 18.3 Å². The van der Waals surface area contributed by atoms with Gasteiger partial charge in [-0.05, 0) is 6.07 Å². The van der Waals surface area contributed by atoms with E-state index in [2.05, 4.69) is 24.6 Å². The maximum Gasteiger partial charge on any atom is 0.471 e. The number of hydrogen-bond acceptors (Lipinski definition) is 6. The highest BCUT2D eigenvalue weighted by Crippen LogP contribution is 2.31. The lowest BCUT2D eigenvalue weighted by Gasteiger charge is -1.99. The van der Waals surface area contributed by atoms with Crippen molar-refractivity contribution >= 4 is 22.4 Å². The summed E-state index contributed by atoms with van der Waals surface area (Å²) < 4.78 is 41.8. The van der Waals surface area contributed by atoms with E-state index in [-0.39, 0.29) is 11.8 Å². The Bertz CT molecular complexity index is 897. The van der Waals surface area contributed by atoms with Crippen LogP contribution in [0.15, 0.2) is 39.2 Å². The zero-order valence-corrected chi connectivity index (χ0v) is 12.6. The van der Waals surface area contributed by atoms with Crippen molar-refractivity contribution in [2.75, 3.05) is 0 Å². The van der Waals surface area contributed by atoms with Gasteiger partial charge in [-0.15, -0.1) is 11.3 Å². The number of alkyl halides is 3. The van der Waals surface area contributed by atoms with Gasteiger partial charge in [-0.1, -0.05) is 23.4 Å². The van der Waals surface area contributed by atoms with Gasteiger partial charge in [0.15, 0.2) is 5.96 Å². The normalized spacial score (nSPS) is 11.5. The number of nitrogens with zero attached hydrogens (tertiary/aromatic N) is 4. The predicted molar refractivity (Wildman–Crippen MR) is 81.3 cm³/mol. The van der Waals surface area contributed by atoms with E-state index in [4.69, 9.17) is 11.5 Å². The Hall–Kier alpha value is -2.95. The molecule has 0 saturated carbocycles. The number of nitrogens with two attached hydrogens (primary N) is 2. The number of aliphatic imine (C=N–C) groups is 1. The zero-order valence-electron chi connectivity index (χ0n) is 11.8. The fraction of sp³-hybridized carbons (Fsp3) is 0.0769. The molecule has 4 N–H and O–H groups in total. The lowest BCUT2D eigenvalue weighted by molar-refractivity contribution is -0.159. The third kappa shape index (κ3) is 3.35. The monoisotopic (exact) mass is 354 g/mol. The van der Waals surface area contributed by atoms with Crippen molar-refractivity contribution in [2.45, 2.75) is 6.18 Å². The van der Waals surface area contributed by atoms with Gasteiger partial charge < -0.3 is 16.0 Å². The SMILES string of the molecule is NC(N)=Nc1nc(-c2cccc(-c3noc(C(F)(F)F)n3)c2)cs1. The fourth-order valence-corrected chi connectivity index (χ4v) is 2.55. The smallest absolute Gasteiger partial charge is 0.370 e. The summed E-state index contributed by atoms with van der Waals surface area (Å²) in [6.45, 7) is 0. The van der Waals surface area contributed by atoms with E-state index >= 15 is 0 Å². The van der Waals surface area contributed by atoms with Crippen LogP contribution in [0.2, 0.25) is 0 Å². The number of aromatic nitrogens is 3. The molecule has 2 aromatic heterocycles. The van der Waals surface area contributed by atoms with Crippen LogP contribution in [0.5, 0.6) is 0 Å². The van der Waals surface area contributed by atoms with Gasteiger partial charge in [0.25, 0.3) is 0 Å². The summed E-state index contributed by atoms with van der Waals surface area (Å²) >= 11 is 1.22. The van der Waals surface area contributed by atoms with Gasteiger partial charge >= 0.3 is 12.1 Å². The van der Waals surface area contributed by atoms with Crippen LogP contribution >= 0.6 is 11.3 Å². The Balaban J connectivity index is 1.93. The lowest BCUT2D eigenvalue weighted by Crippen LogP contribution is -2.21. The van der Waals surface area contributed by atoms with Gasteiger partial charge in [-0.25, -0.2) is 4.98 Å². The third-order valence-electron chi connectivity index (χ3n) is 2.80. The number of guanidine groups is 1. The van der Waals surface area contributed by atoms with Crippen LogP contribution in [-0.4, -0.2) is 21.1 Å². The summed E-state index contributed by atoms with van der Waals surface area (Å²) in [5.41, 5.74) is 12.2. The molecule has 11 heteroatoms. The van der Waals surface area contributed by atoms with E-state index in [9.17, 15) is 13.2 Å². The molecule has 0 amide bonds. The van der Waals surface area contributed by atoms with E-state index in [1.165, 1.54) is 11.3 Å². The van der Waals surface area contributed by atoms with E-state index in [0.29, 0.717) is 22.0 Å². The Kier molecular flexibility index (Phi) is 3.93. The van der Waals surface area contributed by atoms with Crippen molar-refractivity contribution in [3.05, 3.63) is 35.5 Å². The maximum atomic E-state index is 12.5. The molecule has 0 unspecified atom stereocenters. The van der Waals surface area contributed by atoms with Gasteiger partial charge in [0, 0.05) is 16.5 Å². The Morgan fingerprint density at radius 1 is 1.17 bits per heavy atom. The molecule has 2 heterocycles. The summed E-state index contributed by atoms with van der Waals surface area (Å²) in [4.78, 5) is 11.4. The summed E-state index contributed by atoms with van der Waals surface area (Å²) in [5, 5.41) is 5.44. The van der Waals surface area contributed by atoms with Crippen LogP contribution in [-0.2, 0) is 6.18 Å². The molecule has 0 aliphatic carbocycles. The second kappa shape index (κ2) is 5.92. The maximum absolute atomic E-state index is 12.5. The molecule has 0 fully saturated rings. The molecule has 0 atom stereocenters. The minimum Gasteiger partial charge on any atom is -0.370 e. The largest absolute Gasteiger partial charge is 0.471 e. The van der Waals surface area contributed by atoms with Crippen LogP contribution in [0.1, 0.15) is 5.89 Å². The lowest BCUT2D eigenvalue weighted by atomic mass is 10.1. The average Bonchev–Trinajstić information content (AvgIpc) is 3.15. The van der Waals surface area contributed by atoms with E-state index < -0.39 is 12.1 Å². The molecule has 0 spiro atoms. The van der Waals surface area contributed by atoms with Gasteiger partial charge in [-0.2, -0.15) is 23.1 Å². The number of benzene rings is 1. The topological polar surface area (TPSA) is 116 Å². The summed E-state index contributed by atoms with van der Waals surface area (Å²) in [6.07, 6.45) is -4.69. The highest BCUT2D eigenvalue weighted by Gasteiger charge is 2.38. The first-order valence-corrected chi connectivity index (χ1v) is 7.28. The van der Waals surface area contributed by atoms with Crippen LogP contribution in [0.25, 0.3) is 22.6 Å². The van der Waals surface area contributed by atoms with Crippen molar-refractivity contribution in [2.24, 2.45) is 16.5 Å². The Labute approximate surface area is 136 Å². The fourth-order valence-electron chi connectivity index (χ4n) is 1.83. The number of rotatable bonds is 3. The molecule has 0 bridgehead atoms. The van der Waals surface area contributed by atoms with E-state index in [1.54, 1.807) is 29.6 Å². The highest BCUT2D eigenvalue weighted by molar-refractivity contribution is 7.13. The second-order valence-electron chi connectivity index (χ2n) is 4.55. The van der Waals surface area contributed by atoms with Crippen LogP contribution in [0, 0.1) is 0 Å². The zero-order chi connectivity index (χ0) is 17.3. The van der Waals surface area contributed by atoms with Crippen molar-refractivity contribution in [1.82, 2.24) is 15.1 Å². The van der Waals surface area contributed by atoms with Crippen molar-refractivity contribution in [3.8, 4) is 22.6 Å². The minimum atomic E-state index is -4.69. The standard InChI is InChI=1S/C13H9F3N6OS/c14-13(15,16)10-20-9(22-23-10)7-3-1-2-6(4-7)8-5-24-12(19-8)21-11(17)18/h1-5H,(H4,17,18,19,21). The first-order valence-electron chi connectivity index (χ1n) is 6.40.